The summed E-state index contributed by atoms with van der Waals surface area (Å²) >= 11 is 0. The third-order valence-corrected chi connectivity index (χ3v) is 5.62. The highest BCUT2D eigenvalue weighted by Gasteiger charge is 2.29. The van der Waals surface area contributed by atoms with Crippen LogP contribution in [0, 0.1) is 0 Å². The zero-order valence-corrected chi connectivity index (χ0v) is 14.5. The van der Waals surface area contributed by atoms with Crippen molar-refractivity contribution >= 4 is 32.2 Å². The number of alkyl halides is 3. The molecular weight excluding hydrogens is 365 g/mol. The Morgan fingerprint density at radius 3 is 2.31 bits per heavy atom. The van der Waals surface area contributed by atoms with Gasteiger partial charge in [-0.3, -0.25) is 0 Å². The highest BCUT2D eigenvalue weighted by molar-refractivity contribution is 7.91. The number of hydrogen-bond acceptors (Lipinski definition) is 4. The average Bonchev–Trinajstić information content (AvgIpc) is 2.61. The van der Waals surface area contributed by atoms with Crippen molar-refractivity contribution in [2.75, 3.05) is 11.1 Å². The van der Waals surface area contributed by atoms with E-state index in [1.54, 1.807) is 31.2 Å². The molecule has 26 heavy (non-hydrogen) atoms. The van der Waals surface area contributed by atoms with E-state index in [0.29, 0.717) is 22.4 Å². The van der Waals surface area contributed by atoms with Crippen LogP contribution >= 0.6 is 0 Å². The van der Waals surface area contributed by atoms with Crippen molar-refractivity contribution in [3.8, 4) is 0 Å². The molecule has 0 atom stereocenters. The van der Waals surface area contributed by atoms with Crippen LogP contribution in [0.1, 0.15) is 12.5 Å². The number of nitrogens with zero attached hydrogens (tertiary/aromatic N) is 1. The van der Waals surface area contributed by atoms with Crippen LogP contribution in [0.25, 0.3) is 10.9 Å². The number of benzene rings is 2. The summed E-state index contributed by atoms with van der Waals surface area (Å²) in [6, 6.07) is 12.6. The molecule has 0 amide bonds. The molecule has 0 aliphatic heterocycles. The third kappa shape index (κ3) is 3.80. The lowest BCUT2D eigenvalue weighted by molar-refractivity contribution is -0.137. The summed E-state index contributed by atoms with van der Waals surface area (Å²) in [5.41, 5.74) is 0.325. The van der Waals surface area contributed by atoms with Gasteiger partial charge in [0.1, 0.15) is 5.82 Å². The predicted molar refractivity (Wildman–Crippen MR) is 94.2 cm³/mol. The van der Waals surface area contributed by atoms with Gasteiger partial charge in [-0.2, -0.15) is 13.2 Å². The van der Waals surface area contributed by atoms with Gasteiger partial charge in [-0.05, 0) is 54.6 Å². The van der Waals surface area contributed by atoms with Crippen LogP contribution in [0.3, 0.4) is 0 Å². The highest BCUT2D eigenvalue weighted by atomic mass is 32.2. The van der Waals surface area contributed by atoms with Gasteiger partial charge < -0.3 is 5.32 Å². The Labute approximate surface area is 148 Å². The maximum absolute atomic E-state index is 12.6. The fourth-order valence-corrected chi connectivity index (χ4v) is 3.34. The van der Waals surface area contributed by atoms with Crippen molar-refractivity contribution in [3.05, 3.63) is 60.2 Å². The third-order valence-electron chi connectivity index (χ3n) is 3.88. The van der Waals surface area contributed by atoms with Crippen molar-refractivity contribution in [1.82, 2.24) is 4.98 Å². The minimum atomic E-state index is -4.38. The molecule has 0 bridgehead atoms. The van der Waals surface area contributed by atoms with Crippen LogP contribution in [-0.4, -0.2) is 19.2 Å². The summed E-state index contributed by atoms with van der Waals surface area (Å²) in [4.78, 5) is 4.60. The number of aromatic nitrogens is 1. The molecule has 8 heteroatoms. The van der Waals surface area contributed by atoms with E-state index in [0.717, 1.165) is 12.1 Å². The maximum Gasteiger partial charge on any atom is 0.416 e. The first-order chi connectivity index (χ1) is 12.2. The molecule has 3 aromatic rings. The van der Waals surface area contributed by atoms with Crippen LogP contribution in [0.2, 0.25) is 0 Å². The number of sulfone groups is 1. The van der Waals surface area contributed by atoms with Crippen molar-refractivity contribution in [2.45, 2.75) is 18.0 Å². The van der Waals surface area contributed by atoms with Crippen LogP contribution in [0.15, 0.2) is 59.5 Å². The van der Waals surface area contributed by atoms with Gasteiger partial charge in [0.05, 0.1) is 21.7 Å². The molecule has 1 heterocycles. The summed E-state index contributed by atoms with van der Waals surface area (Å²) < 4.78 is 61.6. The molecule has 0 aliphatic rings. The van der Waals surface area contributed by atoms with E-state index in [2.05, 4.69) is 10.3 Å². The van der Waals surface area contributed by atoms with Crippen LogP contribution in [-0.2, 0) is 16.0 Å². The van der Waals surface area contributed by atoms with Gasteiger partial charge in [0, 0.05) is 11.1 Å². The van der Waals surface area contributed by atoms with E-state index in [1.807, 2.05) is 0 Å². The second-order valence-electron chi connectivity index (χ2n) is 5.65. The van der Waals surface area contributed by atoms with Gasteiger partial charge in [0.25, 0.3) is 0 Å². The SMILES string of the molecule is CCS(=O)(=O)c1ccc2nc(Nc3ccc(C(F)(F)F)cc3)ccc2c1. The summed E-state index contributed by atoms with van der Waals surface area (Å²) in [6.07, 6.45) is -4.38. The number of fused-ring (bicyclic) bond motifs is 1. The Kier molecular flexibility index (Phi) is 4.62. The van der Waals surface area contributed by atoms with Gasteiger partial charge in [0.2, 0.25) is 0 Å². The first kappa shape index (κ1) is 18.2. The molecule has 0 spiro atoms. The molecule has 0 fully saturated rings. The first-order valence-electron chi connectivity index (χ1n) is 7.77. The molecule has 0 saturated carbocycles. The second-order valence-corrected chi connectivity index (χ2v) is 7.93. The zero-order chi connectivity index (χ0) is 18.9. The Morgan fingerprint density at radius 1 is 1.00 bits per heavy atom. The van der Waals surface area contributed by atoms with Crippen molar-refractivity contribution in [3.63, 3.8) is 0 Å². The van der Waals surface area contributed by atoms with Crippen molar-refractivity contribution in [1.29, 1.82) is 0 Å². The predicted octanol–water partition coefficient (Wildman–Crippen LogP) is 4.79. The Bertz CT molecular complexity index is 1050. The van der Waals surface area contributed by atoms with Gasteiger partial charge in [-0.1, -0.05) is 6.92 Å². The molecule has 2 aromatic carbocycles. The minimum Gasteiger partial charge on any atom is -0.340 e. The van der Waals surface area contributed by atoms with Crippen LogP contribution in [0.4, 0.5) is 24.7 Å². The summed E-state index contributed by atoms with van der Waals surface area (Å²) in [7, 11) is -3.30. The summed E-state index contributed by atoms with van der Waals surface area (Å²) in [6.45, 7) is 1.58. The van der Waals surface area contributed by atoms with E-state index < -0.39 is 21.6 Å². The molecule has 0 radical (unpaired) electrons. The lowest BCUT2D eigenvalue weighted by atomic mass is 10.2. The van der Waals surface area contributed by atoms with Gasteiger partial charge in [0.15, 0.2) is 9.84 Å². The van der Waals surface area contributed by atoms with E-state index in [4.69, 9.17) is 0 Å². The normalized spacial score (nSPS) is 12.3. The Morgan fingerprint density at radius 2 is 1.69 bits per heavy atom. The van der Waals surface area contributed by atoms with Crippen molar-refractivity contribution < 1.29 is 21.6 Å². The van der Waals surface area contributed by atoms with Gasteiger partial charge in [-0.15, -0.1) is 0 Å². The number of rotatable bonds is 4. The topological polar surface area (TPSA) is 59.1 Å². The van der Waals surface area contributed by atoms with Gasteiger partial charge in [-0.25, -0.2) is 13.4 Å². The zero-order valence-electron chi connectivity index (χ0n) is 13.7. The minimum absolute atomic E-state index is 0.0134. The number of halogens is 3. The lowest BCUT2D eigenvalue weighted by Gasteiger charge is -2.10. The lowest BCUT2D eigenvalue weighted by Crippen LogP contribution is -2.04. The summed E-state index contributed by atoms with van der Waals surface area (Å²) in [5, 5.41) is 3.60. The standard InChI is InChI=1S/C18H15F3N2O2S/c1-2-26(24,25)15-8-9-16-12(11-15)3-10-17(23-16)22-14-6-4-13(5-7-14)18(19,20)21/h3-11H,2H2,1H3,(H,22,23). The molecule has 136 valence electrons. The average molecular weight is 380 g/mol. The molecule has 0 saturated heterocycles. The number of nitrogens with one attached hydrogen (secondary N) is 1. The smallest absolute Gasteiger partial charge is 0.340 e. The molecule has 4 nitrogen and oxygen atoms in total. The number of pyridine rings is 1. The first-order valence-corrected chi connectivity index (χ1v) is 9.42. The number of anilines is 2. The maximum atomic E-state index is 12.6. The van der Waals surface area contributed by atoms with Gasteiger partial charge >= 0.3 is 6.18 Å². The van der Waals surface area contributed by atoms with Crippen molar-refractivity contribution in [2.24, 2.45) is 0 Å². The molecule has 3 rings (SSSR count). The van der Waals surface area contributed by atoms with E-state index in [1.165, 1.54) is 18.2 Å². The Hall–Kier alpha value is -2.61. The Balaban J connectivity index is 1.87. The molecular formula is C18H15F3N2O2S. The fraction of sp³-hybridized carbons (Fsp3) is 0.167. The van der Waals surface area contributed by atoms with Crippen LogP contribution < -0.4 is 5.32 Å². The highest BCUT2D eigenvalue weighted by Crippen LogP contribution is 2.30. The number of hydrogen-bond donors (Lipinski definition) is 1. The fourth-order valence-electron chi connectivity index (χ4n) is 2.42. The quantitative estimate of drug-likeness (QED) is 0.707. The molecule has 0 aliphatic carbocycles. The second kappa shape index (κ2) is 6.60. The molecule has 0 unspecified atom stereocenters. The molecule has 1 N–H and O–H groups in total. The monoisotopic (exact) mass is 380 g/mol. The van der Waals surface area contributed by atoms with E-state index in [-0.39, 0.29) is 10.6 Å². The summed E-state index contributed by atoms with van der Waals surface area (Å²) in [5.74, 6) is 0.461. The van der Waals surface area contributed by atoms with Crippen LogP contribution in [0.5, 0.6) is 0 Å². The van der Waals surface area contributed by atoms with E-state index >= 15 is 0 Å². The van der Waals surface area contributed by atoms with E-state index in [9.17, 15) is 21.6 Å². The molecule has 1 aromatic heterocycles. The largest absolute Gasteiger partial charge is 0.416 e.